The molecule has 0 aliphatic heterocycles. The number of ether oxygens (including phenoxy) is 2. The van der Waals surface area contributed by atoms with Gasteiger partial charge in [0.2, 0.25) is 0 Å². The maximum absolute atomic E-state index is 14.1. The van der Waals surface area contributed by atoms with Gasteiger partial charge in [-0.2, -0.15) is 0 Å². The van der Waals surface area contributed by atoms with Crippen LogP contribution in [-0.2, 0) is 16.9 Å². The summed E-state index contributed by atoms with van der Waals surface area (Å²) in [5.74, 6) is -0.0305. The van der Waals surface area contributed by atoms with Crippen LogP contribution in [-0.4, -0.2) is 18.3 Å². The van der Waals surface area contributed by atoms with Crippen molar-refractivity contribution in [2.45, 2.75) is 32.2 Å². The van der Waals surface area contributed by atoms with E-state index in [0.29, 0.717) is 17.9 Å². The fraction of sp³-hybridized carbons (Fsp3) is 0.273. The number of halogens is 1. The number of fused-ring (bicyclic) bond motifs is 1. The molecule has 0 aliphatic carbocycles. The minimum absolute atomic E-state index is 0.325. The maximum atomic E-state index is 14.1. The van der Waals surface area contributed by atoms with Gasteiger partial charge in [0.25, 0.3) is 0 Å². The van der Waals surface area contributed by atoms with Gasteiger partial charge < -0.3 is 14.6 Å². The first kappa shape index (κ1) is 18.4. The lowest BCUT2D eigenvalue weighted by atomic mass is 9.90. The van der Waals surface area contributed by atoms with E-state index in [1.807, 2.05) is 30.3 Å². The summed E-state index contributed by atoms with van der Waals surface area (Å²) < 4.78 is 25.3. The predicted molar refractivity (Wildman–Crippen MR) is 101 cm³/mol. The maximum Gasteiger partial charge on any atom is 0.127 e. The molecule has 0 saturated heterocycles. The van der Waals surface area contributed by atoms with Crippen LogP contribution in [0.15, 0.2) is 60.7 Å². The average molecular weight is 354 g/mol. The molecule has 0 spiro atoms. The van der Waals surface area contributed by atoms with E-state index in [9.17, 15) is 9.50 Å². The molecule has 1 N–H and O–H groups in total. The number of hydrogen-bond donors (Lipinski definition) is 1. The van der Waals surface area contributed by atoms with Crippen molar-refractivity contribution in [2.75, 3.05) is 7.11 Å². The lowest BCUT2D eigenvalue weighted by molar-refractivity contribution is -0.0879. The zero-order valence-electron chi connectivity index (χ0n) is 15.2. The topological polar surface area (TPSA) is 38.7 Å². The van der Waals surface area contributed by atoms with Gasteiger partial charge in [0, 0.05) is 13.2 Å². The summed E-state index contributed by atoms with van der Waals surface area (Å²) >= 11 is 0. The number of methoxy groups -OCH3 is 1. The summed E-state index contributed by atoms with van der Waals surface area (Å²) in [5.41, 5.74) is 0.520. The van der Waals surface area contributed by atoms with Crippen LogP contribution < -0.4 is 4.74 Å². The van der Waals surface area contributed by atoms with Crippen molar-refractivity contribution in [3.63, 3.8) is 0 Å². The van der Waals surface area contributed by atoms with Crippen LogP contribution in [0, 0.1) is 5.82 Å². The van der Waals surface area contributed by atoms with E-state index >= 15 is 0 Å². The van der Waals surface area contributed by atoms with Crippen LogP contribution in [0.1, 0.15) is 25.0 Å². The second kappa shape index (κ2) is 7.44. The van der Waals surface area contributed by atoms with E-state index in [2.05, 4.69) is 12.1 Å². The van der Waals surface area contributed by atoms with Crippen molar-refractivity contribution in [1.29, 1.82) is 0 Å². The molecule has 136 valence electrons. The van der Waals surface area contributed by atoms with Crippen LogP contribution in [0.2, 0.25) is 0 Å². The molecule has 4 heteroatoms. The van der Waals surface area contributed by atoms with Gasteiger partial charge >= 0.3 is 0 Å². The number of aliphatic hydroxyl groups is 1. The van der Waals surface area contributed by atoms with E-state index < -0.39 is 17.5 Å². The van der Waals surface area contributed by atoms with Crippen molar-refractivity contribution in [2.24, 2.45) is 0 Å². The Labute approximate surface area is 153 Å². The van der Waals surface area contributed by atoms with Crippen molar-refractivity contribution in [3.8, 4) is 5.75 Å². The highest BCUT2D eigenvalue weighted by Crippen LogP contribution is 2.32. The molecule has 3 nitrogen and oxygen atoms in total. The fourth-order valence-electron chi connectivity index (χ4n) is 2.96. The largest absolute Gasteiger partial charge is 0.489 e. The van der Waals surface area contributed by atoms with Crippen molar-refractivity contribution >= 4 is 10.8 Å². The van der Waals surface area contributed by atoms with Crippen molar-refractivity contribution in [3.05, 3.63) is 77.6 Å². The predicted octanol–water partition coefficient (Wildman–Crippen LogP) is 4.80. The van der Waals surface area contributed by atoms with Crippen molar-refractivity contribution in [1.82, 2.24) is 0 Å². The Kier molecular flexibility index (Phi) is 5.25. The first-order chi connectivity index (χ1) is 12.4. The molecule has 0 amide bonds. The Hall–Kier alpha value is -2.43. The highest BCUT2D eigenvalue weighted by Gasteiger charge is 2.32. The van der Waals surface area contributed by atoms with Crippen LogP contribution in [0.5, 0.6) is 5.75 Å². The minimum atomic E-state index is -1.01. The highest BCUT2D eigenvalue weighted by molar-refractivity contribution is 5.82. The summed E-state index contributed by atoms with van der Waals surface area (Å²) in [6.45, 7) is 3.66. The lowest BCUT2D eigenvalue weighted by Crippen LogP contribution is -2.36. The summed E-state index contributed by atoms with van der Waals surface area (Å²) in [4.78, 5) is 0. The molecule has 0 saturated carbocycles. The SMILES string of the molecule is COC(C)(c1cc(F)cc(OCc2ccc3ccccc3c2)c1)C(C)O. The van der Waals surface area contributed by atoms with Crippen LogP contribution in [0.25, 0.3) is 10.8 Å². The standard InChI is InChI=1S/C22H23FO3/c1-15(24)22(2,25-3)19-11-20(23)13-21(12-19)26-14-16-8-9-17-6-4-5-7-18(17)10-16/h4-13,15,24H,14H2,1-3H3. The number of hydrogen-bond acceptors (Lipinski definition) is 3. The van der Waals surface area contributed by atoms with Gasteiger partial charge in [-0.15, -0.1) is 0 Å². The fourth-order valence-corrected chi connectivity index (χ4v) is 2.96. The first-order valence-corrected chi connectivity index (χ1v) is 8.57. The quantitative estimate of drug-likeness (QED) is 0.691. The Balaban J connectivity index is 1.83. The van der Waals surface area contributed by atoms with E-state index in [0.717, 1.165) is 16.3 Å². The lowest BCUT2D eigenvalue weighted by Gasteiger charge is -2.32. The van der Waals surface area contributed by atoms with Gasteiger partial charge in [-0.25, -0.2) is 4.39 Å². The van der Waals surface area contributed by atoms with Gasteiger partial charge in [-0.05, 0) is 53.9 Å². The average Bonchev–Trinajstić information content (AvgIpc) is 2.65. The number of aliphatic hydroxyl groups excluding tert-OH is 1. The molecular weight excluding hydrogens is 331 g/mol. The molecule has 3 aromatic carbocycles. The van der Waals surface area contributed by atoms with Gasteiger partial charge in [0.1, 0.15) is 23.8 Å². The van der Waals surface area contributed by atoms with Crippen LogP contribution in [0.4, 0.5) is 4.39 Å². The van der Waals surface area contributed by atoms with Crippen LogP contribution >= 0.6 is 0 Å². The summed E-state index contributed by atoms with van der Waals surface area (Å²) in [7, 11) is 1.49. The zero-order valence-corrected chi connectivity index (χ0v) is 15.2. The molecule has 0 aliphatic rings. The molecular formula is C22H23FO3. The minimum Gasteiger partial charge on any atom is -0.489 e. The zero-order chi connectivity index (χ0) is 18.7. The molecule has 3 rings (SSSR count). The number of rotatable bonds is 6. The second-order valence-corrected chi connectivity index (χ2v) is 6.63. The molecule has 0 bridgehead atoms. The first-order valence-electron chi connectivity index (χ1n) is 8.57. The molecule has 0 radical (unpaired) electrons. The number of benzene rings is 3. The molecule has 26 heavy (non-hydrogen) atoms. The molecule has 2 atom stereocenters. The molecule has 2 unspecified atom stereocenters. The van der Waals surface area contributed by atoms with E-state index in [-0.39, 0.29) is 0 Å². The third kappa shape index (κ3) is 3.71. The highest BCUT2D eigenvalue weighted by atomic mass is 19.1. The molecule has 0 aromatic heterocycles. The van der Waals surface area contributed by atoms with Crippen molar-refractivity contribution < 1.29 is 19.0 Å². The van der Waals surface area contributed by atoms with Gasteiger partial charge in [-0.3, -0.25) is 0 Å². The smallest absolute Gasteiger partial charge is 0.127 e. The van der Waals surface area contributed by atoms with Crippen LogP contribution in [0.3, 0.4) is 0 Å². The molecule has 0 heterocycles. The Bertz CT molecular complexity index is 907. The normalized spacial score (nSPS) is 14.8. The van der Waals surface area contributed by atoms with E-state index in [4.69, 9.17) is 9.47 Å². The second-order valence-electron chi connectivity index (χ2n) is 6.63. The van der Waals surface area contributed by atoms with Gasteiger partial charge in [0.05, 0.1) is 6.10 Å². The molecule has 0 fully saturated rings. The van der Waals surface area contributed by atoms with Gasteiger partial charge in [0.15, 0.2) is 0 Å². The third-order valence-electron chi connectivity index (χ3n) is 4.89. The summed E-state index contributed by atoms with van der Waals surface area (Å²) in [6.07, 6.45) is -0.803. The Morgan fingerprint density at radius 3 is 2.46 bits per heavy atom. The Morgan fingerprint density at radius 2 is 1.77 bits per heavy atom. The molecule has 3 aromatic rings. The monoisotopic (exact) mass is 354 g/mol. The van der Waals surface area contributed by atoms with E-state index in [1.165, 1.54) is 19.2 Å². The Morgan fingerprint density at radius 1 is 1.04 bits per heavy atom. The third-order valence-corrected chi connectivity index (χ3v) is 4.89. The summed E-state index contributed by atoms with van der Waals surface area (Å²) in [6, 6.07) is 18.6. The summed E-state index contributed by atoms with van der Waals surface area (Å²) in [5, 5.41) is 12.3. The van der Waals surface area contributed by atoms with Gasteiger partial charge in [-0.1, -0.05) is 36.4 Å². The van der Waals surface area contributed by atoms with E-state index in [1.54, 1.807) is 19.9 Å².